The molecule has 6 nitrogen and oxygen atoms in total. The highest BCUT2D eigenvalue weighted by molar-refractivity contribution is 7.91. The van der Waals surface area contributed by atoms with Crippen LogP contribution in [-0.2, 0) is 19.9 Å². The molecule has 1 rings (SSSR count). The van der Waals surface area contributed by atoms with Crippen LogP contribution in [0.5, 0.6) is 0 Å². The van der Waals surface area contributed by atoms with Crippen LogP contribution in [0.15, 0.2) is 28.0 Å². The van der Waals surface area contributed by atoms with Crippen molar-refractivity contribution in [3.63, 3.8) is 0 Å². The molecule has 102 valence electrons. The number of nitrogens with one attached hydrogen (secondary N) is 1. The largest absolute Gasteiger partial charge is 0.329 e. The third kappa shape index (κ3) is 3.66. The van der Waals surface area contributed by atoms with Crippen LogP contribution in [0.4, 0.5) is 0 Å². The third-order valence-electron chi connectivity index (χ3n) is 2.06. The summed E-state index contributed by atoms with van der Waals surface area (Å²) in [6.07, 6.45) is 0.986. The van der Waals surface area contributed by atoms with Crippen LogP contribution in [-0.4, -0.2) is 36.2 Å². The number of rotatable bonds is 5. The molecule has 0 atom stereocenters. The van der Waals surface area contributed by atoms with Gasteiger partial charge in [-0.15, -0.1) is 0 Å². The highest BCUT2D eigenvalue weighted by atomic mass is 35.5. The average Bonchev–Trinajstić information content (AvgIpc) is 2.25. The van der Waals surface area contributed by atoms with Crippen molar-refractivity contribution >= 4 is 31.5 Å². The highest BCUT2D eigenvalue weighted by Gasteiger charge is 2.20. The molecule has 0 aliphatic rings. The van der Waals surface area contributed by atoms with Gasteiger partial charge in [0, 0.05) is 19.3 Å². The second kappa shape index (κ2) is 5.54. The molecule has 0 aliphatic heterocycles. The molecule has 0 fully saturated rings. The van der Waals surface area contributed by atoms with E-state index in [9.17, 15) is 16.8 Å². The molecule has 1 aromatic carbocycles. The first-order valence-corrected chi connectivity index (χ1v) is 8.63. The van der Waals surface area contributed by atoms with Crippen molar-refractivity contribution in [2.75, 3.05) is 19.3 Å². The normalized spacial score (nSPS) is 12.6. The maximum absolute atomic E-state index is 11.8. The molecule has 0 aliphatic carbocycles. The second-order valence-electron chi connectivity index (χ2n) is 3.55. The minimum Gasteiger partial charge on any atom is -0.329 e. The van der Waals surface area contributed by atoms with Gasteiger partial charge < -0.3 is 5.73 Å². The Hall–Kier alpha value is -0.670. The van der Waals surface area contributed by atoms with Crippen molar-refractivity contribution in [3.8, 4) is 0 Å². The molecule has 9 heteroatoms. The van der Waals surface area contributed by atoms with Gasteiger partial charge in [0.25, 0.3) is 0 Å². The summed E-state index contributed by atoms with van der Waals surface area (Å²) in [7, 11) is -7.36. The zero-order chi connectivity index (χ0) is 14.0. The van der Waals surface area contributed by atoms with Crippen LogP contribution in [0.1, 0.15) is 0 Å². The first kappa shape index (κ1) is 15.4. The van der Waals surface area contributed by atoms with Crippen LogP contribution in [0.3, 0.4) is 0 Å². The van der Waals surface area contributed by atoms with Gasteiger partial charge in [-0.3, -0.25) is 0 Å². The lowest BCUT2D eigenvalue weighted by Gasteiger charge is -2.08. The molecule has 0 unspecified atom stereocenters. The van der Waals surface area contributed by atoms with Gasteiger partial charge >= 0.3 is 0 Å². The summed E-state index contributed by atoms with van der Waals surface area (Å²) in [5, 5.41) is -0.0491. The van der Waals surface area contributed by atoms with Gasteiger partial charge in [0.15, 0.2) is 9.84 Å². The Morgan fingerprint density at radius 3 is 2.39 bits per heavy atom. The summed E-state index contributed by atoms with van der Waals surface area (Å²) in [6, 6.07) is 3.51. The monoisotopic (exact) mass is 312 g/mol. The van der Waals surface area contributed by atoms with Gasteiger partial charge in [-0.2, -0.15) is 0 Å². The number of sulfone groups is 1. The lowest BCUT2D eigenvalue weighted by atomic mass is 10.4. The molecule has 18 heavy (non-hydrogen) atoms. The molecule has 0 heterocycles. The Labute approximate surface area is 111 Å². The topological polar surface area (TPSA) is 106 Å². The lowest BCUT2D eigenvalue weighted by Crippen LogP contribution is -2.29. The Morgan fingerprint density at radius 2 is 1.89 bits per heavy atom. The number of hydrogen-bond acceptors (Lipinski definition) is 5. The Bertz CT molecular complexity index is 641. The number of halogens is 1. The molecule has 0 bridgehead atoms. The summed E-state index contributed by atoms with van der Waals surface area (Å²) in [5.41, 5.74) is 5.20. The van der Waals surface area contributed by atoms with Gasteiger partial charge in [-0.25, -0.2) is 21.6 Å². The van der Waals surface area contributed by atoms with Gasteiger partial charge in [0.05, 0.1) is 9.92 Å². The number of nitrogens with two attached hydrogens (primary N) is 1. The van der Waals surface area contributed by atoms with Crippen molar-refractivity contribution in [2.24, 2.45) is 5.73 Å². The summed E-state index contributed by atoms with van der Waals surface area (Å²) in [5.74, 6) is 0. The molecule has 3 N–H and O–H groups in total. The van der Waals surface area contributed by atoms with Crippen LogP contribution in [0.25, 0.3) is 0 Å². The predicted molar refractivity (Wildman–Crippen MR) is 68.8 cm³/mol. The molecular formula is C9H13ClN2O4S2. The average molecular weight is 313 g/mol. The summed E-state index contributed by atoms with van der Waals surface area (Å²) >= 11 is 5.76. The minimum atomic E-state index is -3.86. The van der Waals surface area contributed by atoms with E-state index in [0.29, 0.717) is 0 Å². The molecule has 0 radical (unpaired) electrons. The quantitative estimate of drug-likeness (QED) is 0.794. The van der Waals surface area contributed by atoms with E-state index < -0.39 is 19.9 Å². The fourth-order valence-electron chi connectivity index (χ4n) is 1.19. The summed E-state index contributed by atoms with van der Waals surface area (Å²) in [6.45, 7) is 0.171. The van der Waals surface area contributed by atoms with Gasteiger partial charge in [-0.1, -0.05) is 11.6 Å². The van der Waals surface area contributed by atoms with Crippen LogP contribution in [0.2, 0.25) is 5.02 Å². The van der Waals surface area contributed by atoms with E-state index in [0.717, 1.165) is 12.3 Å². The first-order valence-electron chi connectivity index (χ1n) is 4.88. The van der Waals surface area contributed by atoms with Crippen molar-refractivity contribution in [2.45, 2.75) is 9.79 Å². The maximum Gasteiger partial charge on any atom is 0.242 e. The SMILES string of the molecule is CS(=O)(=O)c1ccc(Cl)c(S(=O)(=O)NCCN)c1. The van der Waals surface area contributed by atoms with E-state index in [1.54, 1.807) is 0 Å². The number of hydrogen-bond donors (Lipinski definition) is 2. The van der Waals surface area contributed by atoms with E-state index in [-0.39, 0.29) is 27.9 Å². The first-order chi connectivity index (χ1) is 8.18. The zero-order valence-electron chi connectivity index (χ0n) is 9.55. The lowest BCUT2D eigenvalue weighted by molar-refractivity contribution is 0.582. The van der Waals surface area contributed by atoms with E-state index in [4.69, 9.17) is 17.3 Å². The summed E-state index contributed by atoms with van der Waals surface area (Å²) in [4.78, 5) is -0.388. The Morgan fingerprint density at radius 1 is 1.28 bits per heavy atom. The molecule has 1 aromatic rings. The van der Waals surface area contributed by atoms with E-state index in [1.807, 2.05) is 0 Å². The molecule has 0 amide bonds. The zero-order valence-corrected chi connectivity index (χ0v) is 11.9. The van der Waals surface area contributed by atoms with E-state index in [2.05, 4.69) is 4.72 Å². The van der Waals surface area contributed by atoms with Crippen LogP contribution >= 0.6 is 11.6 Å². The fourth-order valence-corrected chi connectivity index (χ4v) is 3.48. The highest BCUT2D eigenvalue weighted by Crippen LogP contribution is 2.24. The summed E-state index contributed by atoms with van der Waals surface area (Å²) < 4.78 is 48.6. The molecular weight excluding hydrogens is 300 g/mol. The van der Waals surface area contributed by atoms with E-state index >= 15 is 0 Å². The number of sulfonamides is 1. The standard InChI is InChI=1S/C9H13ClN2O4S2/c1-17(13,14)7-2-3-8(10)9(6-7)18(15,16)12-5-4-11/h2-3,6,12H,4-5,11H2,1H3. The molecule has 0 saturated carbocycles. The van der Waals surface area contributed by atoms with Crippen LogP contribution < -0.4 is 10.5 Å². The van der Waals surface area contributed by atoms with E-state index in [1.165, 1.54) is 12.1 Å². The van der Waals surface area contributed by atoms with Crippen molar-refractivity contribution in [1.29, 1.82) is 0 Å². The third-order valence-corrected chi connectivity index (χ3v) is 5.11. The Balaban J connectivity index is 3.33. The molecule has 0 spiro atoms. The molecule has 0 aromatic heterocycles. The van der Waals surface area contributed by atoms with Crippen LogP contribution in [0, 0.1) is 0 Å². The van der Waals surface area contributed by atoms with Crippen molar-refractivity contribution in [3.05, 3.63) is 23.2 Å². The number of benzene rings is 1. The smallest absolute Gasteiger partial charge is 0.242 e. The van der Waals surface area contributed by atoms with Gasteiger partial charge in [0.2, 0.25) is 10.0 Å². The fraction of sp³-hybridized carbons (Fsp3) is 0.333. The Kier molecular flexibility index (Phi) is 4.73. The van der Waals surface area contributed by atoms with Crippen molar-refractivity contribution < 1.29 is 16.8 Å². The second-order valence-corrected chi connectivity index (χ2v) is 7.71. The maximum atomic E-state index is 11.8. The minimum absolute atomic E-state index is 0.0434. The van der Waals surface area contributed by atoms with Gasteiger partial charge in [0.1, 0.15) is 4.90 Å². The molecule has 0 saturated heterocycles. The van der Waals surface area contributed by atoms with Gasteiger partial charge in [-0.05, 0) is 18.2 Å². The predicted octanol–water partition coefficient (Wildman–Crippen LogP) is -0.0195. The van der Waals surface area contributed by atoms with Crippen molar-refractivity contribution in [1.82, 2.24) is 4.72 Å².